The Morgan fingerprint density at radius 3 is 2.31 bits per heavy atom. The van der Waals surface area contributed by atoms with Gasteiger partial charge in [-0.25, -0.2) is 8.42 Å². The van der Waals surface area contributed by atoms with Gasteiger partial charge in [-0.3, -0.25) is 9.10 Å². The minimum atomic E-state index is -3.64. The standard InChI is InChI=1S/C19H23BrN2O3S/c1-12-6-7-13(2)18(10-12)22(26(5,24)25)15(4)19(23)21-16-8-9-17(20)14(3)11-16/h6-11,15H,1-5H3,(H,21,23)/t15-/m0/s1. The van der Waals surface area contributed by atoms with Crippen LogP contribution in [0, 0.1) is 20.8 Å². The molecule has 1 amide bonds. The highest BCUT2D eigenvalue weighted by molar-refractivity contribution is 9.10. The van der Waals surface area contributed by atoms with Crippen LogP contribution in [-0.2, 0) is 14.8 Å². The van der Waals surface area contributed by atoms with E-state index in [0.717, 1.165) is 27.4 Å². The van der Waals surface area contributed by atoms with Crippen LogP contribution in [0.2, 0.25) is 0 Å². The zero-order valence-electron chi connectivity index (χ0n) is 15.5. The molecule has 26 heavy (non-hydrogen) atoms. The summed E-state index contributed by atoms with van der Waals surface area (Å²) in [5.41, 5.74) is 3.83. The summed E-state index contributed by atoms with van der Waals surface area (Å²) in [6.45, 7) is 7.22. The fraction of sp³-hybridized carbons (Fsp3) is 0.316. The largest absolute Gasteiger partial charge is 0.324 e. The number of aryl methyl sites for hydroxylation is 3. The van der Waals surface area contributed by atoms with Gasteiger partial charge in [0.05, 0.1) is 11.9 Å². The molecule has 0 saturated heterocycles. The Hall–Kier alpha value is -1.86. The van der Waals surface area contributed by atoms with E-state index in [4.69, 9.17) is 0 Å². The highest BCUT2D eigenvalue weighted by Gasteiger charge is 2.30. The van der Waals surface area contributed by atoms with E-state index in [9.17, 15) is 13.2 Å². The number of hydrogen-bond donors (Lipinski definition) is 1. The van der Waals surface area contributed by atoms with E-state index in [1.54, 1.807) is 19.1 Å². The number of hydrogen-bond acceptors (Lipinski definition) is 3. The van der Waals surface area contributed by atoms with Crippen molar-refractivity contribution in [1.82, 2.24) is 0 Å². The molecule has 1 N–H and O–H groups in total. The first-order valence-corrected chi connectivity index (χ1v) is 10.8. The third kappa shape index (κ3) is 4.65. The van der Waals surface area contributed by atoms with Crippen molar-refractivity contribution in [2.45, 2.75) is 33.7 Å². The second-order valence-electron chi connectivity index (χ2n) is 6.48. The average molecular weight is 439 g/mol. The minimum absolute atomic E-state index is 0.391. The quantitative estimate of drug-likeness (QED) is 0.761. The van der Waals surface area contributed by atoms with Gasteiger partial charge in [-0.15, -0.1) is 0 Å². The molecule has 7 heteroatoms. The molecule has 2 aromatic carbocycles. The molecule has 0 spiro atoms. The second kappa shape index (κ2) is 7.80. The molecule has 2 rings (SSSR count). The number of rotatable bonds is 5. The summed E-state index contributed by atoms with van der Waals surface area (Å²) in [4.78, 5) is 12.7. The van der Waals surface area contributed by atoms with Crippen molar-refractivity contribution in [3.05, 3.63) is 57.6 Å². The van der Waals surface area contributed by atoms with Gasteiger partial charge in [0.25, 0.3) is 0 Å². The Morgan fingerprint density at radius 1 is 1.08 bits per heavy atom. The first-order chi connectivity index (χ1) is 12.0. The molecule has 0 unspecified atom stereocenters. The summed E-state index contributed by atoms with van der Waals surface area (Å²) < 4.78 is 27.0. The van der Waals surface area contributed by atoms with Crippen molar-refractivity contribution in [2.24, 2.45) is 0 Å². The predicted molar refractivity (Wildman–Crippen MR) is 110 cm³/mol. The molecule has 0 saturated carbocycles. The highest BCUT2D eigenvalue weighted by Crippen LogP contribution is 2.27. The van der Waals surface area contributed by atoms with Gasteiger partial charge in [-0.1, -0.05) is 28.1 Å². The molecule has 0 aromatic heterocycles. The van der Waals surface area contributed by atoms with Crippen molar-refractivity contribution in [1.29, 1.82) is 0 Å². The number of carbonyl (C=O) groups is 1. The van der Waals surface area contributed by atoms with Gasteiger partial charge >= 0.3 is 0 Å². The summed E-state index contributed by atoms with van der Waals surface area (Å²) in [6, 6.07) is 10.1. The molecule has 5 nitrogen and oxygen atoms in total. The van der Waals surface area contributed by atoms with E-state index in [1.165, 1.54) is 4.31 Å². The number of halogens is 1. The Morgan fingerprint density at radius 2 is 1.73 bits per heavy atom. The first-order valence-electron chi connectivity index (χ1n) is 8.14. The van der Waals surface area contributed by atoms with Crippen LogP contribution in [0.5, 0.6) is 0 Å². The highest BCUT2D eigenvalue weighted by atomic mass is 79.9. The summed E-state index contributed by atoms with van der Waals surface area (Å²) in [7, 11) is -3.64. The van der Waals surface area contributed by atoms with Crippen LogP contribution < -0.4 is 9.62 Å². The zero-order chi connectivity index (χ0) is 19.6. The topological polar surface area (TPSA) is 66.5 Å². The predicted octanol–water partition coefficient (Wildman–Crippen LogP) is 4.17. The molecule has 0 aliphatic heterocycles. The summed E-state index contributed by atoms with van der Waals surface area (Å²) >= 11 is 3.42. The van der Waals surface area contributed by atoms with Crippen molar-refractivity contribution >= 4 is 43.2 Å². The number of nitrogens with zero attached hydrogens (tertiary/aromatic N) is 1. The van der Waals surface area contributed by atoms with Gasteiger partial charge in [0, 0.05) is 10.2 Å². The maximum Gasteiger partial charge on any atom is 0.247 e. The summed E-state index contributed by atoms with van der Waals surface area (Å²) in [6.07, 6.45) is 1.11. The molecule has 0 bridgehead atoms. The molecule has 0 heterocycles. The molecular weight excluding hydrogens is 416 g/mol. The van der Waals surface area contributed by atoms with Crippen molar-refractivity contribution in [2.75, 3.05) is 15.9 Å². The fourth-order valence-corrected chi connectivity index (χ4v) is 4.18. The Labute approximate surface area is 163 Å². The SMILES string of the molecule is Cc1ccc(C)c(N([C@@H](C)C(=O)Nc2ccc(Br)c(C)c2)S(C)(=O)=O)c1. The third-order valence-corrected chi connectivity index (χ3v) is 6.23. The van der Waals surface area contributed by atoms with E-state index in [2.05, 4.69) is 21.2 Å². The van der Waals surface area contributed by atoms with E-state index >= 15 is 0 Å². The van der Waals surface area contributed by atoms with Gasteiger partial charge in [0.1, 0.15) is 6.04 Å². The van der Waals surface area contributed by atoms with Crippen LogP contribution >= 0.6 is 15.9 Å². The summed E-state index contributed by atoms with van der Waals surface area (Å²) in [5, 5.41) is 2.80. The monoisotopic (exact) mass is 438 g/mol. The van der Waals surface area contributed by atoms with E-state index < -0.39 is 22.0 Å². The van der Waals surface area contributed by atoms with Gasteiger partial charge in [-0.05, 0) is 68.7 Å². The number of nitrogens with one attached hydrogen (secondary N) is 1. The van der Waals surface area contributed by atoms with Crippen LogP contribution in [0.1, 0.15) is 23.6 Å². The maximum absolute atomic E-state index is 12.7. The molecule has 1 atom stereocenters. The average Bonchev–Trinajstić information content (AvgIpc) is 2.53. The van der Waals surface area contributed by atoms with Crippen LogP contribution in [0.25, 0.3) is 0 Å². The first kappa shape index (κ1) is 20.5. The molecule has 0 aliphatic rings. The number of benzene rings is 2. The van der Waals surface area contributed by atoms with Crippen molar-refractivity contribution in [3.8, 4) is 0 Å². The van der Waals surface area contributed by atoms with Crippen molar-refractivity contribution in [3.63, 3.8) is 0 Å². The maximum atomic E-state index is 12.7. The van der Waals surface area contributed by atoms with E-state index in [-0.39, 0.29) is 0 Å². The smallest absolute Gasteiger partial charge is 0.247 e. The zero-order valence-corrected chi connectivity index (χ0v) is 17.9. The van der Waals surface area contributed by atoms with Crippen LogP contribution in [-0.4, -0.2) is 26.6 Å². The lowest BCUT2D eigenvalue weighted by Crippen LogP contribution is -2.45. The van der Waals surface area contributed by atoms with Crippen molar-refractivity contribution < 1.29 is 13.2 Å². The number of carbonyl (C=O) groups excluding carboxylic acids is 1. The fourth-order valence-electron chi connectivity index (χ4n) is 2.71. The molecule has 2 aromatic rings. The molecule has 0 radical (unpaired) electrons. The van der Waals surface area contributed by atoms with Gasteiger partial charge in [0.15, 0.2) is 0 Å². The van der Waals surface area contributed by atoms with Crippen LogP contribution in [0.4, 0.5) is 11.4 Å². The van der Waals surface area contributed by atoms with E-state index in [0.29, 0.717) is 11.4 Å². The molecular formula is C19H23BrN2O3S. The molecule has 0 aliphatic carbocycles. The summed E-state index contributed by atoms with van der Waals surface area (Å²) in [5.74, 6) is -0.391. The van der Waals surface area contributed by atoms with Gasteiger partial charge < -0.3 is 5.32 Å². The van der Waals surface area contributed by atoms with Gasteiger partial charge in [0.2, 0.25) is 15.9 Å². The number of amides is 1. The lowest BCUT2D eigenvalue weighted by atomic mass is 10.1. The molecule has 0 fully saturated rings. The Balaban J connectivity index is 2.37. The van der Waals surface area contributed by atoms with Crippen LogP contribution in [0.15, 0.2) is 40.9 Å². The Bertz CT molecular complexity index is 942. The van der Waals surface area contributed by atoms with Crippen LogP contribution in [0.3, 0.4) is 0 Å². The lowest BCUT2D eigenvalue weighted by Gasteiger charge is -2.29. The lowest BCUT2D eigenvalue weighted by molar-refractivity contribution is -0.116. The molecule has 140 valence electrons. The minimum Gasteiger partial charge on any atom is -0.324 e. The number of sulfonamides is 1. The van der Waals surface area contributed by atoms with Gasteiger partial charge in [-0.2, -0.15) is 0 Å². The van der Waals surface area contributed by atoms with E-state index in [1.807, 2.05) is 45.0 Å². The number of anilines is 2. The third-order valence-electron chi connectivity index (χ3n) is 4.12. The second-order valence-corrected chi connectivity index (χ2v) is 9.19. The normalized spacial score (nSPS) is 12.5. The Kier molecular flexibility index (Phi) is 6.13.